The molecule has 6 atom stereocenters. The zero-order valence-electron chi connectivity index (χ0n) is 27.8. The lowest BCUT2D eigenvalue weighted by Crippen LogP contribution is -2.58. The van der Waals surface area contributed by atoms with Crippen molar-refractivity contribution in [3.8, 4) is 11.5 Å². The summed E-state index contributed by atoms with van der Waals surface area (Å²) in [5, 5.41) is 20.6. The molecule has 1 heterocycles. The topological polar surface area (TPSA) is 138 Å². The SMILES string of the molecule is COc1ccc(C2C3=CCC4C(=O)N(CCCCCC(=O)O)C(=O)C4C3CC3C(=O)C(c4ccccc4)=CC(=O)C32c2ccccc2)c(O)c1. The van der Waals surface area contributed by atoms with Crippen molar-refractivity contribution in [1.82, 2.24) is 4.90 Å². The first kappa shape index (κ1) is 33.2. The van der Waals surface area contributed by atoms with Crippen LogP contribution < -0.4 is 4.74 Å². The van der Waals surface area contributed by atoms with Crippen LogP contribution in [0.15, 0.2) is 96.6 Å². The van der Waals surface area contributed by atoms with Crippen molar-refractivity contribution in [2.45, 2.75) is 49.9 Å². The average molecular weight is 674 g/mol. The third-order valence-corrected chi connectivity index (χ3v) is 11.3. The Labute approximate surface area is 290 Å². The number of methoxy groups -OCH3 is 1. The number of benzene rings is 3. The molecule has 50 heavy (non-hydrogen) atoms. The Balaban J connectivity index is 1.38. The smallest absolute Gasteiger partial charge is 0.303 e. The summed E-state index contributed by atoms with van der Waals surface area (Å²) in [5.74, 6) is -5.19. The molecular weight excluding hydrogens is 634 g/mol. The van der Waals surface area contributed by atoms with Crippen LogP contribution in [0.1, 0.15) is 61.1 Å². The molecule has 3 aliphatic carbocycles. The van der Waals surface area contributed by atoms with Gasteiger partial charge in [0.1, 0.15) is 11.5 Å². The number of Topliss-reactive ketones (excluding diaryl/α,β-unsaturated/α-hetero) is 1. The van der Waals surface area contributed by atoms with E-state index >= 15 is 4.79 Å². The van der Waals surface area contributed by atoms with Crippen molar-refractivity contribution in [1.29, 1.82) is 0 Å². The molecule has 0 radical (unpaired) electrons. The van der Waals surface area contributed by atoms with Crippen LogP contribution in [0.2, 0.25) is 0 Å². The monoisotopic (exact) mass is 673 g/mol. The molecule has 3 aromatic carbocycles. The van der Waals surface area contributed by atoms with Gasteiger partial charge in [-0.1, -0.05) is 84.8 Å². The number of ether oxygens (including phenoxy) is 1. The molecule has 9 heteroatoms. The predicted octanol–water partition coefficient (Wildman–Crippen LogP) is 5.87. The molecule has 256 valence electrons. The summed E-state index contributed by atoms with van der Waals surface area (Å²) >= 11 is 0. The zero-order chi connectivity index (χ0) is 35.2. The van der Waals surface area contributed by atoms with Gasteiger partial charge in [-0.2, -0.15) is 0 Å². The molecule has 2 amide bonds. The summed E-state index contributed by atoms with van der Waals surface area (Å²) in [7, 11) is 1.50. The lowest BCUT2D eigenvalue weighted by molar-refractivity contribution is -0.141. The fraction of sp³-hybridized carbons (Fsp3) is 0.341. The third-order valence-electron chi connectivity index (χ3n) is 11.3. The van der Waals surface area contributed by atoms with E-state index in [0.717, 1.165) is 5.57 Å². The van der Waals surface area contributed by atoms with E-state index in [9.17, 15) is 24.3 Å². The lowest BCUT2D eigenvalue weighted by atomic mass is 9.44. The zero-order valence-corrected chi connectivity index (χ0v) is 27.8. The van der Waals surface area contributed by atoms with Crippen molar-refractivity contribution in [3.05, 3.63) is 113 Å². The number of phenols is 1. The van der Waals surface area contributed by atoms with E-state index in [1.807, 2.05) is 54.6 Å². The van der Waals surface area contributed by atoms with Gasteiger partial charge in [0.05, 0.1) is 24.4 Å². The van der Waals surface area contributed by atoms with Crippen LogP contribution in [0.25, 0.3) is 5.57 Å². The number of allylic oxidation sites excluding steroid dienone is 4. The first-order valence-corrected chi connectivity index (χ1v) is 17.2. The molecule has 1 saturated heterocycles. The molecule has 0 spiro atoms. The van der Waals surface area contributed by atoms with Gasteiger partial charge in [0.25, 0.3) is 0 Å². The predicted molar refractivity (Wildman–Crippen MR) is 184 cm³/mol. The Morgan fingerprint density at radius 1 is 0.900 bits per heavy atom. The van der Waals surface area contributed by atoms with E-state index in [-0.39, 0.29) is 54.9 Å². The molecule has 7 rings (SSSR count). The highest BCUT2D eigenvalue weighted by Crippen LogP contribution is 2.64. The van der Waals surface area contributed by atoms with Gasteiger partial charge in [-0.15, -0.1) is 0 Å². The summed E-state index contributed by atoms with van der Waals surface area (Å²) in [5.41, 5.74) is 1.35. The number of ketones is 2. The fourth-order valence-electron chi connectivity index (χ4n) is 9.12. The summed E-state index contributed by atoms with van der Waals surface area (Å²) in [4.78, 5) is 70.3. The number of likely N-dealkylation sites (tertiary alicyclic amines) is 1. The van der Waals surface area contributed by atoms with Crippen LogP contribution in [0.4, 0.5) is 0 Å². The van der Waals surface area contributed by atoms with Crippen molar-refractivity contribution in [3.63, 3.8) is 0 Å². The molecule has 4 aliphatic rings. The highest BCUT2D eigenvalue weighted by Gasteiger charge is 2.66. The molecule has 0 aromatic heterocycles. The Morgan fingerprint density at radius 3 is 2.30 bits per heavy atom. The Morgan fingerprint density at radius 2 is 1.62 bits per heavy atom. The number of carboxylic acid groups (broad SMARTS) is 1. The summed E-state index contributed by atoms with van der Waals surface area (Å²) in [6.45, 7) is 0.199. The maximum absolute atomic E-state index is 15.1. The fourth-order valence-corrected chi connectivity index (χ4v) is 9.12. The van der Waals surface area contributed by atoms with Crippen molar-refractivity contribution in [2.75, 3.05) is 13.7 Å². The third kappa shape index (κ3) is 5.27. The average Bonchev–Trinajstić information content (AvgIpc) is 3.37. The summed E-state index contributed by atoms with van der Waals surface area (Å²) in [6.07, 6.45) is 5.43. The number of hydrogen-bond acceptors (Lipinski definition) is 7. The first-order valence-electron chi connectivity index (χ1n) is 17.2. The summed E-state index contributed by atoms with van der Waals surface area (Å²) < 4.78 is 5.39. The van der Waals surface area contributed by atoms with Crippen LogP contribution in [0.5, 0.6) is 11.5 Å². The Kier molecular flexibility index (Phi) is 8.76. The number of imide groups is 1. The second-order valence-corrected chi connectivity index (χ2v) is 13.7. The second-order valence-electron chi connectivity index (χ2n) is 13.7. The normalized spacial score (nSPS) is 27.2. The summed E-state index contributed by atoms with van der Waals surface area (Å²) in [6, 6.07) is 23.3. The number of aliphatic carboxylic acids is 1. The van der Waals surface area contributed by atoms with E-state index in [4.69, 9.17) is 9.84 Å². The quantitative estimate of drug-likeness (QED) is 0.155. The molecule has 3 aromatic rings. The van der Waals surface area contributed by atoms with Gasteiger partial charge in [0.15, 0.2) is 11.6 Å². The van der Waals surface area contributed by atoms with E-state index in [2.05, 4.69) is 0 Å². The van der Waals surface area contributed by atoms with Crippen LogP contribution in [-0.2, 0) is 29.4 Å². The van der Waals surface area contributed by atoms with Crippen LogP contribution in [0, 0.1) is 23.7 Å². The highest BCUT2D eigenvalue weighted by atomic mass is 16.5. The molecule has 2 N–H and O–H groups in total. The molecule has 2 fully saturated rings. The van der Waals surface area contributed by atoms with Crippen LogP contribution >= 0.6 is 0 Å². The maximum Gasteiger partial charge on any atom is 0.303 e. The molecule has 1 saturated carbocycles. The van der Waals surface area contributed by atoms with Gasteiger partial charge in [0.2, 0.25) is 11.8 Å². The maximum atomic E-state index is 15.1. The molecular formula is C41H39NO8. The lowest BCUT2D eigenvalue weighted by Gasteiger charge is -2.55. The van der Waals surface area contributed by atoms with Gasteiger partial charge in [-0.3, -0.25) is 28.9 Å². The van der Waals surface area contributed by atoms with Gasteiger partial charge in [-0.25, -0.2) is 0 Å². The number of carboxylic acids is 1. The van der Waals surface area contributed by atoms with Gasteiger partial charge in [-0.05, 0) is 54.9 Å². The number of fused-ring (bicyclic) bond motifs is 4. The highest BCUT2D eigenvalue weighted by molar-refractivity contribution is 6.31. The van der Waals surface area contributed by atoms with Crippen molar-refractivity contribution < 1.29 is 38.9 Å². The Hall–Kier alpha value is -5.31. The number of carbonyl (C=O) groups excluding carboxylic acids is 4. The van der Waals surface area contributed by atoms with Gasteiger partial charge in [0, 0.05) is 42.0 Å². The molecule has 1 aliphatic heterocycles. The molecule has 9 nitrogen and oxygen atoms in total. The van der Waals surface area contributed by atoms with Gasteiger partial charge >= 0.3 is 5.97 Å². The first-order chi connectivity index (χ1) is 24.2. The number of carbonyl (C=O) groups is 5. The Bertz CT molecular complexity index is 1930. The standard InChI is InChI=1S/C41H39NO8/c1-50-26-16-17-28(33(43)21-26)37-27-18-19-29-36(40(49)42(39(29)48)20-10-4-9-15-35(45)46)31(27)22-32-38(47)30(24-11-5-2-6-12-24)23-34(44)41(32,37)25-13-7-3-8-14-25/h2-3,5-8,11-14,16-18,21,23,29,31-32,36-37,43H,4,9-10,15,19-20,22H2,1H3,(H,45,46). The number of aromatic hydroxyl groups is 1. The number of hydrogen-bond donors (Lipinski definition) is 2. The van der Waals surface area contributed by atoms with Gasteiger partial charge < -0.3 is 14.9 Å². The minimum atomic E-state index is -1.44. The largest absolute Gasteiger partial charge is 0.508 e. The molecule has 0 bridgehead atoms. The number of nitrogens with zero attached hydrogens (tertiary/aromatic N) is 1. The van der Waals surface area contributed by atoms with E-state index in [0.29, 0.717) is 47.3 Å². The van der Waals surface area contributed by atoms with Crippen LogP contribution in [-0.4, -0.2) is 58.1 Å². The minimum absolute atomic E-state index is 0.0266. The van der Waals surface area contributed by atoms with E-state index < -0.39 is 41.0 Å². The second kappa shape index (κ2) is 13.2. The number of rotatable bonds is 10. The van der Waals surface area contributed by atoms with E-state index in [1.165, 1.54) is 24.2 Å². The number of phenolic OH excluding ortho intramolecular Hbond substituents is 1. The molecule has 6 unspecified atom stereocenters. The van der Waals surface area contributed by atoms with E-state index in [1.54, 1.807) is 24.3 Å². The minimum Gasteiger partial charge on any atom is -0.508 e. The van der Waals surface area contributed by atoms with Crippen LogP contribution in [0.3, 0.4) is 0 Å². The number of unbranched alkanes of at least 4 members (excludes halogenated alkanes) is 2. The van der Waals surface area contributed by atoms with Crippen molar-refractivity contribution >= 4 is 34.9 Å². The van der Waals surface area contributed by atoms with Crippen molar-refractivity contribution in [2.24, 2.45) is 23.7 Å². The number of amides is 2.